The molecule has 11 heavy (non-hydrogen) atoms. The molecule has 0 saturated carbocycles. The molecule has 3 heteroatoms. The summed E-state index contributed by atoms with van der Waals surface area (Å²) < 4.78 is 0. The Morgan fingerprint density at radius 3 is 2.82 bits per heavy atom. The van der Waals surface area contributed by atoms with Crippen LogP contribution in [0.25, 0.3) is 0 Å². The van der Waals surface area contributed by atoms with Crippen LogP contribution < -0.4 is 0 Å². The molecule has 1 rings (SSSR count). The van der Waals surface area contributed by atoms with Crippen molar-refractivity contribution in [2.75, 3.05) is 12.8 Å². The van der Waals surface area contributed by atoms with Crippen molar-refractivity contribution in [2.24, 2.45) is 9.98 Å². The smallest absolute Gasteiger partial charge is 0.122 e. The molecule has 1 unspecified atom stereocenters. The molecule has 0 amide bonds. The van der Waals surface area contributed by atoms with E-state index in [0.717, 1.165) is 18.8 Å². The molecule has 2 nitrogen and oxygen atoms in total. The van der Waals surface area contributed by atoms with E-state index in [9.17, 15) is 0 Å². The zero-order chi connectivity index (χ0) is 8.27. The number of thioether (sulfide) groups is 1. The van der Waals surface area contributed by atoms with E-state index in [4.69, 9.17) is 0 Å². The quantitative estimate of drug-likeness (QED) is 0.622. The first-order valence-corrected chi connectivity index (χ1v) is 5.18. The zero-order valence-corrected chi connectivity index (χ0v) is 8.11. The minimum absolute atomic E-state index is 0.519. The van der Waals surface area contributed by atoms with Gasteiger partial charge in [0.15, 0.2) is 0 Å². The maximum absolute atomic E-state index is 4.40. The van der Waals surface area contributed by atoms with Crippen LogP contribution in [-0.2, 0) is 0 Å². The Labute approximate surface area is 72.2 Å². The lowest BCUT2D eigenvalue weighted by molar-refractivity contribution is 1.00. The number of nitrogens with zero attached hydrogens (tertiary/aromatic N) is 2. The van der Waals surface area contributed by atoms with Gasteiger partial charge in [-0.1, -0.05) is 6.92 Å². The largest absolute Gasteiger partial charge is 0.269 e. The summed E-state index contributed by atoms with van der Waals surface area (Å²) in [5.74, 6) is 1.01. The van der Waals surface area contributed by atoms with E-state index in [0.29, 0.717) is 5.25 Å². The van der Waals surface area contributed by atoms with Crippen molar-refractivity contribution < 1.29 is 0 Å². The third-order valence-corrected chi connectivity index (χ3v) is 2.87. The normalized spacial score (nSPS) is 24.5. The van der Waals surface area contributed by atoms with E-state index in [-0.39, 0.29) is 0 Å². The van der Waals surface area contributed by atoms with Gasteiger partial charge in [0.05, 0.1) is 11.8 Å². The summed E-state index contributed by atoms with van der Waals surface area (Å²) in [5.41, 5.74) is 1.23. The molecule has 1 aliphatic heterocycles. The average Bonchev–Trinajstić information content (AvgIpc) is 2.04. The Morgan fingerprint density at radius 2 is 2.36 bits per heavy atom. The van der Waals surface area contributed by atoms with Crippen molar-refractivity contribution in [3.05, 3.63) is 0 Å². The minimum Gasteiger partial charge on any atom is -0.269 e. The Hall–Kier alpha value is -0.310. The van der Waals surface area contributed by atoms with Crippen molar-refractivity contribution in [2.45, 2.75) is 25.5 Å². The topological polar surface area (TPSA) is 24.7 Å². The predicted octanol–water partition coefficient (Wildman–Crippen LogP) is 2.00. The van der Waals surface area contributed by atoms with Crippen LogP contribution in [0.15, 0.2) is 9.98 Å². The molecule has 0 aromatic heterocycles. The number of hydrogen-bond acceptors (Lipinski definition) is 3. The second kappa shape index (κ2) is 3.90. The summed E-state index contributed by atoms with van der Waals surface area (Å²) in [6.45, 7) is 5.10. The van der Waals surface area contributed by atoms with Gasteiger partial charge in [-0.05, 0) is 13.2 Å². The van der Waals surface area contributed by atoms with Gasteiger partial charge in [0.1, 0.15) is 5.84 Å². The van der Waals surface area contributed by atoms with Crippen LogP contribution in [0.4, 0.5) is 0 Å². The summed E-state index contributed by atoms with van der Waals surface area (Å²) in [5, 5.41) is 0.519. The molecule has 0 spiro atoms. The molecule has 0 aliphatic carbocycles. The maximum atomic E-state index is 4.40. The van der Waals surface area contributed by atoms with Crippen LogP contribution in [0, 0.1) is 0 Å². The van der Waals surface area contributed by atoms with Gasteiger partial charge >= 0.3 is 0 Å². The van der Waals surface area contributed by atoms with Gasteiger partial charge in [-0.15, -0.1) is 0 Å². The SMILES string of the molecule is CCC1=NCC(SC)C(C)=N1. The van der Waals surface area contributed by atoms with Gasteiger partial charge in [0.25, 0.3) is 0 Å². The Balaban J connectivity index is 2.65. The molecule has 1 heterocycles. The van der Waals surface area contributed by atoms with E-state index in [2.05, 4.69) is 30.1 Å². The number of hydrogen-bond donors (Lipinski definition) is 0. The summed E-state index contributed by atoms with van der Waals surface area (Å²) >= 11 is 1.83. The van der Waals surface area contributed by atoms with E-state index in [1.165, 1.54) is 5.71 Å². The van der Waals surface area contributed by atoms with Crippen LogP contribution in [0.2, 0.25) is 0 Å². The minimum atomic E-state index is 0.519. The molecule has 0 fully saturated rings. The first kappa shape index (κ1) is 8.78. The molecular weight excluding hydrogens is 156 g/mol. The van der Waals surface area contributed by atoms with Gasteiger partial charge < -0.3 is 0 Å². The van der Waals surface area contributed by atoms with Gasteiger partial charge in [-0.25, -0.2) is 4.99 Å². The summed E-state index contributed by atoms with van der Waals surface area (Å²) in [4.78, 5) is 8.76. The van der Waals surface area contributed by atoms with Crippen molar-refractivity contribution in [3.8, 4) is 0 Å². The molecule has 1 aliphatic rings. The van der Waals surface area contributed by atoms with Gasteiger partial charge in [-0.3, -0.25) is 4.99 Å². The summed E-state index contributed by atoms with van der Waals surface area (Å²) in [6.07, 6.45) is 3.06. The Bertz CT molecular complexity index is 196. The van der Waals surface area contributed by atoms with E-state index in [1.54, 1.807) is 0 Å². The van der Waals surface area contributed by atoms with E-state index >= 15 is 0 Å². The van der Waals surface area contributed by atoms with Crippen LogP contribution in [0.5, 0.6) is 0 Å². The lowest BCUT2D eigenvalue weighted by Crippen LogP contribution is -2.23. The van der Waals surface area contributed by atoms with E-state index in [1.807, 2.05) is 11.8 Å². The fraction of sp³-hybridized carbons (Fsp3) is 0.750. The third-order valence-electron chi connectivity index (χ3n) is 1.81. The van der Waals surface area contributed by atoms with Gasteiger partial charge in [-0.2, -0.15) is 11.8 Å². The summed E-state index contributed by atoms with van der Waals surface area (Å²) in [6, 6.07) is 0. The fourth-order valence-corrected chi connectivity index (χ4v) is 1.68. The monoisotopic (exact) mass is 170 g/mol. The first-order valence-electron chi connectivity index (χ1n) is 3.89. The van der Waals surface area contributed by atoms with Crippen molar-refractivity contribution in [1.29, 1.82) is 0 Å². The number of aliphatic imine (C=N–C) groups is 2. The van der Waals surface area contributed by atoms with Crippen LogP contribution in [-0.4, -0.2) is 29.6 Å². The van der Waals surface area contributed by atoms with Crippen LogP contribution in [0.3, 0.4) is 0 Å². The molecule has 0 bridgehead atoms. The molecule has 0 N–H and O–H groups in total. The summed E-state index contributed by atoms with van der Waals surface area (Å²) in [7, 11) is 0. The fourth-order valence-electron chi connectivity index (χ4n) is 1.07. The highest BCUT2D eigenvalue weighted by molar-refractivity contribution is 8.00. The molecular formula is C8H14N2S. The maximum Gasteiger partial charge on any atom is 0.122 e. The van der Waals surface area contributed by atoms with Crippen molar-refractivity contribution >= 4 is 23.3 Å². The predicted molar refractivity (Wildman–Crippen MR) is 53.0 cm³/mol. The highest BCUT2D eigenvalue weighted by Gasteiger charge is 2.14. The first-order chi connectivity index (χ1) is 5.27. The lowest BCUT2D eigenvalue weighted by Gasteiger charge is -2.16. The van der Waals surface area contributed by atoms with E-state index < -0.39 is 0 Å². The molecule has 0 radical (unpaired) electrons. The Kier molecular flexibility index (Phi) is 3.12. The Morgan fingerprint density at radius 1 is 1.64 bits per heavy atom. The second-order valence-corrected chi connectivity index (χ2v) is 3.63. The highest BCUT2D eigenvalue weighted by Crippen LogP contribution is 2.13. The standard InChI is InChI=1S/C8H14N2S/c1-4-8-9-5-7(11-3)6(2)10-8/h7H,4-5H2,1-3H3. The molecule has 0 aromatic rings. The zero-order valence-electron chi connectivity index (χ0n) is 7.29. The lowest BCUT2D eigenvalue weighted by atomic mass is 10.2. The van der Waals surface area contributed by atoms with Crippen LogP contribution in [0.1, 0.15) is 20.3 Å². The molecule has 1 atom stereocenters. The second-order valence-electron chi connectivity index (χ2n) is 2.59. The number of amidine groups is 1. The molecule has 62 valence electrons. The molecule has 0 aromatic carbocycles. The van der Waals surface area contributed by atoms with Gasteiger partial charge in [0.2, 0.25) is 0 Å². The van der Waals surface area contributed by atoms with Crippen molar-refractivity contribution in [1.82, 2.24) is 0 Å². The number of rotatable bonds is 2. The van der Waals surface area contributed by atoms with Gasteiger partial charge in [0, 0.05) is 12.1 Å². The average molecular weight is 170 g/mol. The van der Waals surface area contributed by atoms with Crippen molar-refractivity contribution in [3.63, 3.8) is 0 Å². The molecule has 0 saturated heterocycles. The van der Waals surface area contributed by atoms with Crippen LogP contribution >= 0.6 is 11.8 Å². The third kappa shape index (κ3) is 2.06. The highest BCUT2D eigenvalue weighted by atomic mass is 32.2.